The Morgan fingerprint density at radius 3 is 2.81 bits per heavy atom. The number of aromatic nitrogens is 2. The minimum Gasteiger partial charge on any atom is -0.350 e. The summed E-state index contributed by atoms with van der Waals surface area (Å²) in [4.78, 5) is 33.3. The van der Waals surface area contributed by atoms with E-state index in [-0.39, 0.29) is 18.0 Å². The lowest BCUT2D eigenvalue weighted by atomic mass is 10.2. The van der Waals surface area contributed by atoms with Gasteiger partial charge in [0.05, 0.1) is 11.6 Å². The van der Waals surface area contributed by atoms with Crippen LogP contribution in [0.25, 0.3) is 5.52 Å². The summed E-state index contributed by atoms with van der Waals surface area (Å²) in [5.74, 6) is 0.954. The van der Waals surface area contributed by atoms with Crippen molar-refractivity contribution in [1.29, 1.82) is 0 Å². The fourth-order valence-corrected chi connectivity index (χ4v) is 3.37. The summed E-state index contributed by atoms with van der Waals surface area (Å²) in [5.41, 5.74) is 1.19. The third-order valence-corrected chi connectivity index (χ3v) is 4.64. The van der Waals surface area contributed by atoms with Crippen molar-refractivity contribution in [3.63, 3.8) is 0 Å². The Bertz CT molecular complexity index is 811. The zero-order chi connectivity index (χ0) is 18.8. The number of carbonyl (C=O) groups excluding carboxylic acids is 2. The second-order valence-corrected chi connectivity index (χ2v) is 7.41. The molecule has 0 saturated carbocycles. The molecule has 1 unspecified atom stereocenters. The molecular weight excluding hydrogens is 330 g/mol. The average Bonchev–Trinajstić information content (AvgIpc) is 3.23. The molecule has 1 aliphatic heterocycles. The average molecular weight is 357 g/mol. The number of imidazole rings is 1. The largest absolute Gasteiger partial charge is 0.350 e. The van der Waals surface area contributed by atoms with Crippen molar-refractivity contribution in [1.82, 2.24) is 24.5 Å². The number of urea groups is 1. The van der Waals surface area contributed by atoms with Crippen molar-refractivity contribution in [3.8, 4) is 0 Å². The Balaban J connectivity index is 1.99. The summed E-state index contributed by atoms with van der Waals surface area (Å²) in [5, 5.41) is 2.94. The Labute approximate surface area is 154 Å². The number of pyridine rings is 1. The van der Waals surface area contributed by atoms with Gasteiger partial charge in [-0.2, -0.15) is 0 Å². The van der Waals surface area contributed by atoms with Crippen molar-refractivity contribution in [2.75, 3.05) is 27.2 Å². The van der Waals surface area contributed by atoms with E-state index in [4.69, 9.17) is 0 Å². The van der Waals surface area contributed by atoms with E-state index in [1.807, 2.05) is 33.7 Å². The SMILES string of the molecule is CC(C)CNC(=O)c1nc(C2CCCN2C(=O)N(C)C)n2ccccc12. The number of amides is 3. The van der Waals surface area contributed by atoms with Crippen LogP contribution in [0.1, 0.15) is 49.0 Å². The van der Waals surface area contributed by atoms with Gasteiger partial charge in [-0.1, -0.05) is 19.9 Å². The highest BCUT2D eigenvalue weighted by atomic mass is 16.2. The van der Waals surface area contributed by atoms with Crippen LogP contribution in [0, 0.1) is 5.92 Å². The van der Waals surface area contributed by atoms with Gasteiger partial charge in [0.15, 0.2) is 5.69 Å². The molecular formula is C19H27N5O2. The smallest absolute Gasteiger partial charge is 0.320 e. The molecule has 1 aliphatic rings. The van der Waals surface area contributed by atoms with Crippen LogP contribution in [0.5, 0.6) is 0 Å². The standard InChI is InChI=1S/C19H27N5O2/c1-13(2)12-20-18(25)16-14-8-5-6-10-23(14)17(21-16)15-9-7-11-24(15)19(26)22(3)4/h5-6,8,10,13,15H,7,9,11-12H2,1-4H3,(H,20,25). The molecule has 1 atom stereocenters. The van der Waals surface area contributed by atoms with E-state index < -0.39 is 0 Å². The van der Waals surface area contributed by atoms with Crippen LogP contribution in [-0.4, -0.2) is 58.3 Å². The lowest BCUT2D eigenvalue weighted by molar-refractivity contribution is 0.0946. The van der Waals surface area contributed by atoms with Gasteiger partial charge < -0.3 is 19.5 Å². The molecule has 0 bridgehead atoms. The molecule has 2 aromatic rings. The number of fused-ring (bicyclic) bond motifs is 1. The van der Waals surface area contributed by atoms with Gasteiger partial charge in [0.2, 0.25) is 0 Å². The lowest BCUT2D eigenvalue weighted by Gasteiger charge is -2.27. The minimum absolute atomic E-state index is 0.0222. The first kappa shape index (κ1) is 18.2. The van der Waals surface area contributed by atoms with E-state index in [0.29, 0.717) is 24.7 Å². The Morgan fingerprint density at radius 1 is 1.35 bits per heavy atom. The predicted molar refractivity (Wildman–Crippen MR) is 100 cm³/mol. The number of hydrogen-bond donors (Lipinski definition) is 1. The van der Waals surface area contributed by atoms with Crippen molar-refractivity contribution in [2.45, 2.75) is 32.7 Å². The molecule has 7 nitrogen and oxygen atoms in total. The van der Waals surface area contributed by atoms with Crippen LogP contribution in [0.3, 0.4) is 0 Å². The second-order valence-electron chi connectivity index (χ2n) is 7.41. The van der Waals surface area contributed by atoms with Crippen molar-refractivity contribution >= 4 is 17.5 Å². The van der Waals surface area contributed by atoms with Crippen LogP contribution >= 0.6 is 0 Å². The predicted octanol–water partition coefficient (Wildman–Crippen LogP) is 2.54. The molecule has 3 rings (SSSR count). The number of nitrogens with one attached hydrogen (secondary N) is 1. The van der Waals surface area contributed by atoms with Gasteiger partial charge >= 0.3 is 6.03 Å². The maximum Gasteiger partial charge on any atom is 0.320 e. The van der Waals surface area contributed by atoms with Gasteiger partial charge in [0, 0.05) is 33.4 Å². The van der Waals surface area contributed by atoms with E-state index in [9.17, 15) is 9.59 Å². The van der Waals surface area contributed by atoms with E-state index in [0.717, 1.165) is 24.2 Å². The molecule has 0 radical (unpaired) electrons. The van der Waals surface area contributed by atoms with Crippen LogP contribution in [-0.2, 0) is 0 Å². The first-order valence-electron chi connectivity index (χ1n) is 9.13. The normalized spacial score (nSPS) is 17.1. The van der Waals surface area contributed by atoms with Crippen LogP contribution in [0.4, 0.5) is 4.79 Å². The van der Waals surface area contributed by atoms with E-state index in [2.05, 4.69) is 24.1 Å². The number of hydrogen-bond acceptors (Lipinski definition) is 3. The van der Waals surface area contributed by atoms with Crippen molar-refractivity contribution in [3.05, 3.63) is 35.9 Å². The highest BCUT2D eigenvalue weighted by Crippen LogP contribution is 2.33. The number of nitrogens with zero attached hydrogens (tertiary/aromatic N) is 4. The van der Waals surface area contributed by atoms with Gasteiger partial charge in [-0.05, 0) is 30.9 Å². The van der Waals surface area contributed by atoms with E-state index in [1.54, 1.807) is 19.0 Å². The van der Waals surface area contributed by atoms with E-state index in [1.165, 1.54) is 0 Å². The van der Waals surface area contributed by atoms with Crippen molar-refractivity contribution < 1.29 is 9.59 Å². The van der Waals surface area contributed by atoms with E-state index >= 15 is 0 Å². The molecule has 3 heterocycles. The second kappa shape index (κ2) is 7.35. The highest BCUT2D eigenvalue weighted by molar-refractivity contribution is 5.99. The molecule has 0 spiro atoms. The van der Waals surface area contributed by atoms with Gasteiger partial charge in [0.1, 0.15) is 5.82 Å². The molecule has 1 saturated heterocycles. The Hall–Kier alpha value is -2.57. The van der Waals surface area contributed by atoms with Crippen LogP contribution in [0.2, 0.25) is 0 Å². The summed E-state index contributed by atoms with van der Waals surface area (Å²) >= 11 is 0. The van der Waals surface area contributed by atoms with Gasteiger partial charge in [0.25, 0.3) is 5.91 Å². The fraction of sp³-hybridized carbons (Fsp3) is 0.526. The molecule has 7 heteroatoms. The first-order valence-corrected chi connectivity index (χ1v) is 9.13. The highest BCUT2D eigenvalue weighted by Gasteiger charge is 2.34. The first-order chi connectivity index (χ1) is 12.4. The van der Waals surface area contributed by atoms with Crippen molar-refractivity contribution in [2.24, 2.45) is 5.92 Å². The zero-order valence-corrected chi connectivity index (χ0v) is 15.9. The third-order valence-electron chi connectivity index (χ3n) is 4.64. The lowest BCUT2D eigenvalue weighted by Crippen LogP contribution is -2.39. The minimum atomic E-state index is -0.169. The van der Waals surface area contributed by atoms with Crippen LogP contribution < -0.4 is 5.32 Å². The zero-order valence-electron chi connectivity index (χ0n) is 15.9. The molecule has 26 heavy (non-hydrogen) atoms. The molecule has 1 N–H and O–H groups in total. The Kier molecular flexibility index (Phi) is 5.15. The number of rotatable bonds is 4. The summed E-state index contributed by atoms with van der Waals surface area (Å²) in [7, 11) is 3.51. The summed E-state index contributed by atoms with van der Waals surface area (Å²) in [6, 6.07) is 5.57. The summed E-state index contributed by atoms with van der Waals surface area (Å²) < 4.78 is 1.94. The summed E-state index contributed by atoms with van der Waals surface area (Å²) in [6.07, 6.45) is 3.69. The fourth-order valence-electron chi connectivity index (χ4n) is 3.37. The summed E-state index contributed by atoms with van der Waals surface area (Å²) in [6.45, 7) is 5.42. The molecule has 3 amide bonds. The molecule has 0 aromatic carbocycles. The van der Waals surface area contributed by atoms with Gasteiger partial charge in [-0.3, -0.25) is 4.79 Å². The molecule has 1 fully saturated rings. The van der Waals surface area contributed by atoms with Gasteiger partial charge in [-0.25, -0.2) is 9.78 Å². The number of likely N-dealkylation sites (tertiary alicyclic amines) is 1. The molecule has 0 aliphatic carbocycles. The Morgan fingerprint density at radius 2 is 2.12 bits per heavy atom. The topological polar surface area (TPSA) is 70.0 Å². The molecule has 140 valence electrons. The molecule has 2 aromatic heterocycles. The quantitative estimate of drug-likeness (QED) is 0.914. The third kappa shape index (κ3) is 3.38. The van der Waals surface area contributed by atoms with Crippen LogP contribution in [0.15, 0.2) is 24.4 Å². The number of carbonyl (C=O) groups is 2. The monoisotopic (exact) mass is 357 g/mol. The maximum atomic E-state index is 12.6. The van der Waals surface area contributed by atoms with Gasteiger partial charge in [-0.15, -0.1) is 0 Å². The maximum absolute atomic E-state index is 12.6.